The maximum atomic E-state index is 7.56. The highest BCUT2D eigenvalue weighted by Crippen LogP contribution is 2.68. The number of aryl methyl sites for hydroxylation is 3. The van der Waals surface area contributed by atoms with Gasteiger partial charge < -0.3 is 18.6 Å². The number of fused-ring (bicyclic) bond motifs is 17. The molecule has 0 aliphatic heterocycles. The molecule has 2 atom stereocenters. The fourth-order valence-electron chi connectivity index (χ4n) is 15.7. The zero-order chi connectivity index (χ0) is 56.6. The first-order chi connectivity index (χ1) is 41.1. The van der Waals surface area contributed by atoms with Gasteiger partial charge >= 0.3 is 0 Å². The van der Waals surface area contributed by atoms with Crippen LogP contribution >= 0.6 is 0 Å². The number of allylic oxidation sites excluding steroid dienone is 6. The van der Waals surface area contributed by atoms with Gasteiger partial charge in [-0.25, -0.2) is 0 Å². The number of anilines is 5. The first kappa shape index (κ1) is 50.4. The molecule has 0 bridgehead atoms. The summed E-state index contributed by atoms with van der Waals surface area (Å²) < 4.78 is 15.1. The molecule has 84 heavy (non-hydrogen) atoms. The SMILES string of the molecule is CC1=CC=C(N(c2ccccc2C)c2cc3c(c4c2oc2ccccc24)-c2c(cc(N(c4ccc(C)c(C5C=CCCC5)c4)c4ccccc4C)c4oc5ccccc5c24)C32c3ccccc3C(C)(C)c3ccccc32)CC1c1ccccc1. The second-order valence-electron chi connectivity index (χ2n) is 24.7. The quantitative estimate of drug-likeness (QED) is 0.142. The molecule has 4 nitrogen and oxygen atoms in total. The number of furan rings is 2. The standard InChI is InChI=1S/C80H66N2O2/c1-49-41-43-55(45-59(49)53-27-9-7-10-28-53)81(67-37-21-13-25-51(67)3)69-47-65-75(73-57-31-15-23-39-71(57)83-77(69)73)76-66(80(65)63-35-19-17-33-61(63)79(5,6)62-34-18-20-36-64(62)80)48-70(78-74(76)58-32-16-24-40-72(58)84-78)82(68-38-22-14-26-52(68)4)56-44-42-50(2)60(46-56)54-29-11-8-12-30-54/h7,9-11,13-29,31-44,46-48,54,59H,8,12,30,45H2,1-6H3. The van der Waals surface area contributed by atoms with Crippen molar-refractivity contribution in [3.8, 4) is 11.1 Å². The van der Waals surface area contributed by atoms with Crippen LogP contribution in [0, 0.1) is 20.8 Å². The van der Waals surface area contributed by atoms with E-state index in [2.05, 4.69) is 282 Å². The minimum atomic E-state index is -0.847. The average Bonchev–Trinajstić information content (AvgIpc) is 1.48. The van der Waals surface area contributed by atoms with E-state index in [1.54, 1.807) is 0 Å². The summed E-state index contributed by atoms with van der Waals surface area (Å²) in [5, 5.41) is 4.38. The molecule has 12 aromatic rings. The average molecular weight is 1090 g/mol. The molecule has 16 rings (SSSR count). The van der Waals surface area contributed by atoms with Crippen LogP contribution in [0.5, 0.6) is 0 Å². The molecule has 0 radical (unpaired) electrons. The second kappa shape index (κ2) is 19.1. The van der Waals surface area contributed by atoms with E-state index in [0.717, 1.165) is 91.6 Å². The van der Waals surface area contributed by atoms with Crippen LogP contribution < -0.4 is 9.80 Å². The topological polar surface area (TPSA) is 32.8 Å². The van der Waals surface area contributed by atoms with Gasteiger partial charge in [0.25, 0.3) is 0 Å². The van der Waals surface area contributed by atoms with Crippen molar-refractivity contribution in [2.24, 2.45) is 0 Å². The first-order valence-electron chi connectivity index (χ1n) is 30.2. The number of nitrogens with zero attached hydrogens (tertiary/aromatic N) is 2. The summed E-state index contributed by atoms with van der Waals surface area (Å²) >= 11 is 0. The van der Waals surface area contributed by atoms with E-state index in [-0.39, 0.29) is 11.3 Å². The Morgan fingerprint density at radius 2 is 0.988 bits per heavy atom. The Kier molecular flexibility index (Phi) is 11.4. The van der Waals surface area contributed by atoms with Crippen molar-refractivity contribution in [2.75, 3.05) is 9.80 Å². The number of rotatable bonds is 8. The predicted octanol–water partition coefficient (Wildman–Crippen LogP) is 21.9. The van der Waals surface area contributed by atoms with Gasteiger partial charge in [-0.2, -0.15) is 0 Å². The third-order valence-corrected chi connectivity index (χ3v) is 19.7. The van der Waals surface area contributed by atoms with Gasteiger partial charge in [-0.15, -0.1) is 0 Å². The lowest BCUT2D eigenvalue weighted by molar-refractivity contribution is 0.563. The van der Waals surface area contributed by atoms with Crippen molar-refractivity contribution in [3.63, 3.8) is 0 Å². The van der Waals surface area contributed by atoms with Crippen LogP contribution in [0.1, 0.15) is 119 Å². The third-order valence-electron chi connectivity index (χ3n) is 19.7. The maximum Gasteiger partial charge on any atom is 0.160 e. The van der Waals surface area contributed by atoms with Gasteiger partial charge in [-0.05, 0) is 180 Å². The fraction of sp³-hybridized carbons (Fsp3) is 0.175. The van der Waals surface area contributed by atoms with Gasteiger partial charge in [0, 0.05) is 61.6 Å². The Morgan fingerprint density at radius 1 is 0.464 bits per heavy atom. The van der Waals surface area contributed by atoms with Crippen molar-refractivity contribution in [2.45, 2.75) is 89.9 Å². The van der Waals surface area contributed by atoms with Crippen molar-refractivity contribution >= 4 is 72.3 Å². The van der Waals surface area contributed by atoms with Gasteiger partial charge in [0.15, 0.2) is 11.2 Å². The summed E-state index contributed by atoms with van der Waals surface area (Å²) in [4.78, 5) is 5.09. The lowest BCUT2D eigenvalue weighted by Crippen LogP contribution is -2.40. The smallest absolute Gasteiger partial charge is 0.160 e. The van der Waals surface area contributed by atoms with Crippen molar-refractivity contribution in [1.82, 2.24) is 0 Å². The molecule has 2 unspecified atom stereocenters. The van der Waals surface area contributed by atoms with E-state index in [4.69, 9.17) is 8.83 Å². The number of benzene rings is 10. The molecule has 1 spiro atoms. The predicted molar refractivity (Wildman–Crippen MR) is 349 cm³/mol. The molecule has 408 valence electrons. The van der Waals surface area contributed by atoms with Crippen molar-refractivity contribution in [3.05, 3.63) is 303 Å². The van der Waals surface area contributed by atoms with Crippen LogP contribution in [0.2, 0.25) is 0 Å². The normalized spacial score (nSPS) is 17.3. The molecule has 2 heterocycles. The Balaban J connectivity index is 1.10. The van der Waals surface area contributed by atoms with Gasteiger partial charge in [-0.3, -0.25) is 0 Å². The highest BCUT2D eigenvalue weighted by molar-refractivity contribution is 6.27. The highest BCUT2D eigenvalue weighted by Gasteiger charge is 2.56. The second-order valence-corrected chi connectivity index (χ2v) is 24.7. The Labute approximate surface area is 492 Å². The highest BCUT2D eigenvalue weighted by atomic mass is 16.3. The summed E-state index contributed by atoms with van der Waals surface area (Å²) in [7, 11) is 0. The molecule has 10 aromatic carbocycles. The molecular formula is C80H66N2O2. The van der Waals surface area contributed by atoms with Crippen LogP contribution in [-0.4, -0.2) is 0 Å². The van der Waals surface area contributed by atoms with E-state index in [1.165, 1.54) is 90.0 Å². The van der Waals surface area contributed by atoms with E-state index >= 15 is 0 Å². The zero-order valence-corrected chi connectivity index (χ0v) is 48.6. The summed E-state index contributed by atoms with van der Waals surface area (Å²) in [5.74, 6) is 0.531. The molecule has 0 amide bonds. The monoisotopic (exact) mass is 1090 g/mol. The fourth-order valence-corrected chi connectivity index (χ4v) is 15.7. The van der Waals surface area contributed by atoms with E-state index in [9.17, 15) is 0 Å². The molecule has 0 saturated carbocycles. The van der Waals surface area contributed by atoms with Crippen molar-refractivity contribution in [1.29, 1.82) is 0 Å². The van der Waals surface area contributed by atoms with Gasteiger partial charge in [0.1, 0.15) is 11.2 Å². The Morgan fingerprint density at radius 3 is 1.57 bits per heavy atom. The molecule has 4 aliphatic rings. The maximum absolute atomic E-state index is 7.56. The Bertz CT molecular complexity index is 4740. The van der Waals surface area contributed by atoms with E-state index < -0.39 is 5.41 Å². The van der Waals surface area contributed by atoms with Crippen LogP contribution in [0.3, 0.4) is 0 Å². The first-order valence-corrected chi connectivity index (χ1v) is 30.2. The van der Waals surface area contributed by atoms with E-state index in [1.807, 2.05) is 0 Å². The lowest BCUT2D eigenvalue weighted by atomic mass is 9.55. The minimum Gasteiger partial charge on any atom is -0.454 e. The zero-order valence-electron chi connectivity index (χ0n) is 48.6. The molecule has 4 heteroatoms. The van der Waals surface area contributed by atoms with Crippen molar-refractivity contribution < 1.29 is 8.83 Å². The molecular weight excluding hydrogens is 1020 g/mol. The summed E-state index contributed by atoms with van der Waals surface area (Å²) in [6.45, 7) is 13.9. The molecule has 0 fully saturated rings. The molecule has 4 aliphatic carbocycles. The number of hydrogen-bond acceptors (Lipinski definition) is 4. The largest absolute Gasteiger partial charge is 0.454 e. The van der Waals surface area contributed by atoms with Gasteiger partial charge in [0.05, 0.1) is 16.8 Å². The van der Waals surface area contributed by atoms with Crippen LogP contribution in [0.4, 0.5) is 28.4 Å². The third kappa shape index (κ3) is 7.25. The van der Waals surface area contributed by atoms with Gasteiger partial charge in [-0.1, -0.05) is 195 Å². The lowest BCUT2D eigenvalue weighted by Gasteiger charge is -2.47. The minimum absolute atomic E-state index is 0.189. The molecule has 2 aromatic heterocycles. The van der Waals surface area contributed by atoms with Crippen LogP contribution in [0.25, 0.3) is 55.0 Å². The molecule has 0 saturated heterocycles. The number of hydrogen-bond donors (Lipinski definition) is 0. The van der Waals surface area contributed by atoms with Crippen LogP contribution in [0.15, 0.2) is 251 Å². The summed E-state index contributed by atoms with van der Waals surface area (Å²) in [6.07, 6.45) is 13.8. The number of para-hydroxylation sites is 4. The summed E-state index contributed by atoms with van der Waals surface area (Å²) in [5.41, 5.74) is 26.6. The van der Waals surface area contributed by atoms with Crippen LogP contribution in [-0.2, 0) is 10.8 Å². The van der Waals surface area contributed by atoms with E-state index in [0.29, 0.717) is 5.92 Å². The van der Waals surface area contributed by atoms with Gasteiger partial charge in [0.2, 0.25) is 0 Å². The Hall–Kier alpha value is -9.38. The summed E-state index contributed by atoms with van der Waals surface area (Å²) in [6, 6.07) is 77.4. The molecule has 0 N–H and O–H groups in total.